The van der Waals surface area contributed by atoms with Crippen LogP contribution in [0.3, 0.4) is 0 Å². The first-order valence-corrected chi connectivity index (χ1v) is 10.3. The van der Waals surface area contributed by atoms with Crippen LogP contribution in [0, 0.1) is 5.82 Å². The Balaban J connectivity index is 1.24. The Labute approximate surface area is 166 Å². The van der Waals surface area contributed by atoms with E-state index in [1.165, 1.54) is 17.0 Å². The van der Waals surface area contributed by atoms with E-state index < -0.39 is 0 Å². The van der Waals surface area contributed by atoms with Gasteiger partial charge in [0.1, 0.15) is 24.9 Å². The number of fused-ring (bicyclic) bond motifs is 1. The third-order valence-corrected chi connectivity index (χ3v) is 5.72. The van der Waals surface area contributed by atoms with Crippen LogP contribution in [0.5, 0.6) is 0 Å². The molecule has 0 bridgehead atoms. The van der Waals surface area contributed by atoms with E-state index in [9.17, 15) is 9.18 Å². The number of carbonyl (C=O) groups excluding carboxylic acids is 1. The molecular weight excluding hydrogens is 379 g/mol. The van der Waals surface area contributed by atoms with Crippen LogP contribution in [-0.4, -0.2) is 58.5 Å². The van der Waals surface area contributed by atoms with Gasteiger partial charge in [-0.1, -0.05) is 6.07 Å². The second-order valence-electron chi connectivity index (χ2n) is 6.93. The lowest BCUT2D eigenvalue weighted by atomic mass is 10.3. The number of carbonyl (C=O) groups is 1. The molecule has 0 spiro atoms. The third kappa shape index (κ3) is 4.76. The molecule has 28 heavy (non-hydrogen) atoms. The van der Waals surface area contributed by atoms with Gasteiger partial charge in [-0.15, -0.1) is 11.3 Å². The Morgan fingerprint density at radius 2 is 2.18 bits per heavy atom. The van der Waals surface area contributed by atoms with Crippen molar-refractivity contribution in [3.05, 3.63) is 52.2 Å². The van der Waals surface area contributed by atoms with Crippen LogP contribution in [0.1, 0.15) is 17.1 Å². The van der Waals surface area contributed by atoms with E-state index in [0.29, 0.717) is 16.9 Å². The number of thiophene rings is 1. The summed E-state index contributed by atoms with van der Waals surface area (Å²) in [5.74, 6) is 0.277. The summed E-state index contributed by atoms with van der Waals surface area (Å²) in [6, 6.07) is 8.62. The average molecular weight is 402 g/mol. The van der Waals surface area contributed by atoms with E-state index in [1.807, 2.05) is 4.90 Å². The molecule has 4 rings (SSSR count). The Hall–Kier alpha value is -2.29. The van der Waals surface area contributed by atoms with Gasteiger partial charge in [0.25, 0.3) is 0 Å². The van der Waals surface area contributed by atoms with Crippen molar-refractivity contribution in [3.63, 3.8) is 0 Å². The third-order valence-electron chi connectivity index (χ3n) is 4.86. The van der Waals surface area contributed by atoms with E-state index >= 15 is 0 Å². The fraction of sp³-hybridized carbons (Fsp3) is 0.400. The lowest BCUT2D eigenvalue weighted by Crippen LogP contribution is -2.37. The maximum absolute atomic E-state index is 13.2. The van der Waals surface area contributed by atoms with Crippen LogP contribution in [0.2, 0.25) is 0 Å². The molecule has 0 saturated carbocycles. The quantitative estimate of drug-likeness (QED) is 0.689. The summed E-state index contributed by atoms with van der Waals surface area (Å²) in [5, 5.41) is 2.10. The van der Waals surface area contributed by atoms with Crippen LogP contribution >= 0.6 is 11.3 Å². The van der Waals surface area contributed by atoms with Crippen LogP contribution in [-0.2, 0) is 22.7 Å². The molecule has 1 aliphatic rings. The molecule has 1 saturated heterocycles. The molecule has 0 atom stereocenters. The predicted octanol–water partition coefficient (Wildman–Crippen LogP) is 3.01. The molecule has 0 radical (unpaired) electrons. The lowest BCUT2D eigenvalue weighted by molar-refractivity contribution is -0.136. The topological polar surface area (TPSA) is 61.5 Å². The molecular formula is C20H23FN4O2S. The highest BCUT2D eigenvalue weighted by molar-refractivity contribution is 7.09. The molecule has 148 valence electrons. The van der Waals surface area contributed by atoms with Crippen molar-refractivity contribution in [2.75, 3.05) is 32.8 Å². The number of amides is 1. The first-order chi connectivity index (χ1) is 13.7. The average Bonchev–Trinajstić information content (AvgIpc) is 3.26. The van der Waals surface area contributed by atoms with Crippen molar-refractivity contribution in [3.8, 4) is 0 Å². The van der Waals surface area contributed by atoms with Gasteiger partial charge in [0, 0.05) is 37.6 Å². The molecule has 0 unspecified atom stereocenters. The molecule has 2 aromatic heterocycles. The summed E-state index contributed by atoms with van der Waals surface area (Å²) in [7, 11) is 0. The Morgan fingerprint density at radius 3 is 3.04 bits per heavy atom. The number of aromatic amines is 1. The van der Waals surface area contributed by atoms with Crippen molar-refractivity contribution in [1.82, 2.24) is 19.8 Å². The minimum Gasteiger partial charge on any atom is -0.364 e. The van der Waals surface area contributed by atoms with Crippen LogP contribution in [0.4, 0.5) is 4.39 Å². The number of ether oxygens (including phenoxy) is 1. The molecule has 1 amide bonds. The van der Waals surface area contributed by atoms with Crippen molar-refractivity contribution >= 4 is 28.3 Å². The normalized spacial score (nSPS) is 15.8. The molecule has 1 aliphatic heterocycles. The summed E-state index contributed by atoms with van der Waals surface area (Å²) in [6.07, 6.45) is 0.965. The summed E-state index contributed by atoms with van der Waals surface area (Å²) in [5.41, 5.74) is 1.31. The maximum Gasteiger partial charge on any atom is 0.248 e. The van der Waals surface area contributed by atoms with Crippen LogP contribution in [0.25, 0.3) is 11.0 Å². The largest absolute Gasteiger partial charge is 0.364 e. The van der Waals surface area contributed by atoms with Gasteiger partial charge in [-0.3, -0.25) is 9.69 Å². The Kier molecular flexibility index (Phi) is 5.99. The number of rotatable bonds is 6. The highest BCUT2D eigenvalue weighted by atomic mass is 32.1. The van der Waals surface area contributed by atoms with E-state index in [2.05, 4.69) is 32.4 Å². The lowest BCUT2D eigenvalue weighted by Gasteiger charge is -2.21. The number of nitrogens with zero attached hydrogens (tertiary/aromatic N) is 3. The van der Waals surface area contributed by atoms with E-state index in [0.717, 1.165) is 39.1 Å². The van der Waals surface area contributed by atoms with E-state index in [-0.39, 0.29) is 24.9 Å². The molecule has 3 aromatic rings. The highest BCUT2D eigenvalue weighted by Crippen LogP contribution is 2.15. The number of hydrogen-bond acceptors (Lipinski definition) is 5. The van der Waals surface area contributed by atoms with Crippen molar-refractivity contribution < 1.29 is 13.9 Å². The zero-order valence-electron chi connectivity index (χ0n) is 15.6. The first kappa shape index (κ1) is 19.0. The van der Waals surface area contributed by atoms with Gasteiger partial charge in [0.15, 0.2) is 0 Å². The number of nitrogens with one attached hydrogen (secondary N) is 1. The molecule has 8 heteroatoms. The van der Waals surface area contributed by atoms with Crippen molar-refractivity contribution in [2.24, 2.45) is 0 Å². The molecule has 6 nitrogen and oxygen atoms in total. The van der Waals surface area contributed by atoms with Gasteiger partial charge < -0.3 is 14.6 Å². The monoisotopic (exact) mass is 402 g/mol. The van der Waals surface area contributed by atoms with E-state index in [1.54, 1.807) is 17.4 Å². The second kappa shape index (κ2) is 8.81. The second-order valence-corrected chi connectivity index (χ2v) is 7.96. The fourth-order valence-electron chi connectivity index (χ4n) is 3.43. The molecule has 1 fully saturated rings. The molecule has 0 aliphatic carbocycles. The standard InChI is InChI=1S/C20H23FN4O2S/c21-15-4-5-17-18(11-15)23-19(22-17)13-27-14-20(26)25-7-2-6-24(8-9-25)12-16-3-1-10-28-16/h1,3-5,10-11H,2,6-9,12-14H2,(H,22,23). The van der Waals surface area contributed by atoms with Gasteiger partial charge in [-0.25, -0.2) is 9.37 Å². The SMILES string of the molecule is O=C(COCc1nc2ccc(F)cc2[nH]1)N1CCCN(Cc2cccs2)CC1. The molecule has 1 N–H and O–H groups in total. The van der Waals surface area contributed by atoms with Gasteiger partial charge in [0.05, 0.1) is 11.0 Å². The number of H-pyrrole nitrogens is 1. The number of aromatic nitrogens is 2. The highest BCUT2D eigenvalue weighted by Gasteiger charge is 2.19. The zero-order chi connectivity index (χ0) is 19.3. The van der Waals surface area contributed by atoms with Crippen LogP contribution in [0.15, 0.2) is 35.7 Å². The predicted molar refractivity (Wildman–Crippen MR) is 107 cm³/mol. The summed E-state index contributed by atoms with van der Waals surface area (Å²) in [6.45, 7) is 4.51. The van der Waals surface area contributed by atoms with Gasteiger partial charge in [0.2, 0.25) is 5.91 Å². The van der Waals surface area contributed by atoms with Gasteiger partial charge >= 0.3 is 0 Å². The maximum atomic E-state index is 13.2. The number of halogens is 1. The smallest absolute Gasteiger partial charge is 0.248 e. The number of imidazole rings is 1. The van der Waals surface area contributed by atoms with Gasteiger partial charge in [-0.05, 0) is 36.1 Å². The summed E-state index contributed by atoms with van der Waals surface area (Å²) < 4.78 is 18.8. The number of benzene rings is 1. The van der Waals surface area contributed by atoms with Crippen LogP contribution < -0.4 is 0 Å². The first-order valence-electron chi connectivity index (χ1n) is 9.42. The molecule has 3 heterocycles. The van der Waals surface area contributed by atoms with Crippen molar-refractivity contribution in [1.29, 1.82) is 0 Å². The number of hydrogen-bond donors (Lipinski definition) is 1. The van der Waals surface area contributed by atoms with Crippen molar-refractivity contribution in [2.45, 2.75) is 19.6 Å². The minimum atomic E-state index is -0.312. The zero-order valence-corrected chi connectivity index (χ0v) is 16.4. The fourth-order valence-corrected chi connectivity index (χ4v) is 4.18. The van der Waals surface area contributed by atoms with E-state index in [4.69, 9.17) is 4.74 Å². The van der Waals surface area contributed by atoms with Gasteiger partial charge in [-0.2, -0.15) is 0 Å². The summed E-state index contributed by atoms with van der Waals surface area (Å²) >= 11 is 1.77. The molecule has 1 aromatic carbocycles. The minimum absolute atomic E-state index is 0.000120. The Bertz CT molecular complexity index is 928. The summed E-state index contributed by atoms with van der Waals surface area (Å²) in [4.78, 5) is 25.5. The Morgan fingerprint density at radius 1 is 1.25 bits per heavy atom.